The highest BCUT2D eigenvalue weighted by Gasteiger charge is 2.31. The zero-order chi connectivity index (χ0) is 25.4. The van der Waals surface area contributed by atoms with Crippen LogP contribution in [0.5, 0.6) is 0 Å². The quantitative estimate of drug-likeness (QED) is 0.464. The van der Waals surface area contributed by atoms with Gasteiger partial charge in [0.25, 0.3) is 0 Å². The van der Waals surface area contributed by atoms with Gasteiger partial charge < -0.3 is 23.9 Å². The fraction of sp³-hybridized carbons (Fsp3) is 0.533. The van der Waals surface area contributed by atoms with Gasteiger partial charge >= 0.3 is 5.97 Å². The molecular weight excluding hydrogens is 466 g/mol. The summed E-state index contributed by atoms with van der Waals surface area (Å²) in [6.45, 7) is 4.26. The van der Waals surface area contributed by atoms with Crippen molar-refractivity contribution in [1.29, 1.82) is 0 Å². The Morgan fingerprint density at radius 1 is 0.919 bits per heavy atom. The number of piperidine rings is 1. The van der Waals surface area contributed by atoms with E-state index >= 15 is 0 Å². The van der Waals surface area contributed by atoms with Crippen molar-refractivity contribution in [1.82, 2.24) is 14.4 Å². The van der Waals surface area contributed by atoms with E-state index in [1.54, 1.807) is 18.6 Å². The Morgan fingerprint density at radius 2 is 1.68 bits per heavy atom. The van der Waals surface area contributed by atoms with Gasteiger partial charge in [-0.15, -0.1) is 0 Å². The highest BCUT2D eigenvalue weighted by atomic mass is 16.4. The first-order valence-corrected chi connectivity index (χ1v) is 14.0. The van der Waals surface area contributed by atoms with Gasteiger partial charge in [-0.25, -0.2) is 4.79 Å². The van der Waals surface area contributed by atoms with Crippen LogP contribution < -0.4 is 0 Å². The van der Waals surface area contributed by atoms with Gasteiger partial charge in [-0.3, -0.25) is 4.79 Å². The maximum absolute atomic E-state index is 13.7. The fourth-order valence-electron chi connectivity index (χ4n) is 7.02. The van der Waals surface area contributed by atoms with Gasteiger partial charge in [0.1, 0.15) is 6.54 Å². The number of aromatic carboxylic acids is 1. The number of carbonyl (C=O) groups is 2. The van der Waals surface area contributed by atoms with E-state index in [4.69, 9.17) is 4.42 Å². The molecule has 6 rings (SSSR count). The lowest BCUT2D eigenvalue weighted by Gasteiger charge is -2.36. The summed E-state index contributed by atoms with van der Waals surface area (Å²) in [6.07, 6.45) is 13.9. The Morgan fingerprint density at radius 3 is 2.35 bits per heavy atom. The van der Waals surface area contributed by atoms with E-state index in [-0.39, 0.29) is 18.0 Å². The number of hydrogen-bond acceptors (Lipinski definition) is 4. The van der Waals surface area contributed by atoms with Crippen LogP contribution in [0.4, 0.5) is 0 Å². The topological polar surface area (TPSA) is 78.9 Å². The van der Waals surface area contributed by atoms with E-state index in [0.717, 1.165) is 60.9 Å². The average molecular weight is 504 g/mol. The standard InChI is InChI=1S/C30H37N3O4/c34-27(32-15-10-24(11-16-32)31-13-4-5-14-31)19-33-26-9-8-22(30(35)36)18-25(26)28(21-6-2-1-3-7-21)29(33)23-12-17-37-20-23/h8-9,12,17-18,20-21,24H,1-7,10-11,13-16,19H2,(H,35,36). The maximum Gasteiger partial charge on any atom is 0.335 e. The Hall–Kier alpha value is -3.06. The van der Waals surface area contributed by atoms with Crippen molar-refractivity contribution in [2.24, 2.45) is 0 Å². The van der Waals surface area contributed by atoms with Crippen LogP contribution in [0.15, 0.2) is 41.2 Å². The number of carboxylic acids is 1. The predicted octanol–water partition coefficient (Wildman–Crippen LogP) is 5.73. The third kappa shape index (κ3) is 4.70. The van der Waals surface area contributed by atoms with Crippen LogP contribution in [0.1, 0.15) is 79.6 Å². The Kier molecular flexibility index (Phi) is 6.80. The largest absolute Gasteiger partial charge is 0.478 e. The lowest BCUT2D eigenvalue weighted by atomic mass is 9.82. The zero-order valence-corrected chi connectivity index (χ0v) is 21.5. The molecule has 3 aliphatic rings. The van der Waals surface area contributed by atoms with E-state index < -0.39 is 5.97 Å². The van der Waals surface area contributed by atoms with Crippen LogP contribution in [0, 0.1) is 0 Å². The smallest absolute Gasteiger partial charge is 0.335 e. The van der Waals surface area contributed by atoms with E-state index in [1.807, 2.05) is 23.1 Å². The van der Waals surface area contributed by atoms with Crippen molar-refractivity contribution in [3.8, 4) is 11.3 Å². The fourth-order valence-corrected chi connectivity index (χ4v) is 7.02. The van der Waals surface area contributed by atoms with Crippen LogP contribution in [-0.4, -0.2) is 63.6 Å². The van der Waals surface area contributed by atoms with Gasteiger partial charge in [0.05, 0.1) is 23.8 Å². The van der Waals surface area contributed by atoms with Gasteiger partial charge in [-0.2, -0.15) is 0 Å². The van der Waals surface area contributed by atoms with E-state index in [9.17, 15) is 14.7 Å². The van der Waals surface area contributed by atoms with E-state index in [2.05, 4.69) is 9.47 Å². The molecule has 0 spiro atoms. The molecule has 7 nitrogen and oxygen atoms in total. The number of furan rings is 1. The van der Waals surface area contributed by atoms with Crippen molar-refractivity contribution in [2.45, 2.75) is 76.3 Å². The number of nitrogens with zero attached hydrogens (tertiary/aromatic N) is 3. The summed E-state index contributed by atoms with van der Waals surface area (Å²) in [6, 6.07) is 7.93. The molecule has 3 fully saturated rings. The number of carboxylic acid groups (broad SMARTS) is 1. The molecule has 3 aromatic rings. The average Bonchev–Trinajstić information content (AvgIpc) is 3.70. The molecule has 196 valence electrons. The summed E-state index contributed by atoms with van der Waals surface area (Å²) in [7, 11) is 0. The summed E-state index contributed by atoms with van der Waals surface area (Å²) < 4.78 is 7.63. The van der Waals surface area contributed by atoms with Crippen molar-refractivity contribution in [3.05, 3.63) is 47.9 Å². The molecule has 7 heteroatoms. The second-order valence-corrected chi connectivity index (χ2v) is 11.1. The minimum absolute atomic E-state index is 0.138. The molecule has 0 atom stereocenters. The zero-order valence-electron chi connectivity index (χ0n) is 21.5. The highest BCUT2D eigenvalue weighted by Crippen LogP contribution is 2.44. The molecule has 0 bridgehead atoms. The molecule has 2 saturated heterocycles. The minimum atomic E-state index is -0.925. The molecule has 0 unspecified atom stereocenters. The number of rotatable bonds is 6. The summed E-state index contributed by atoms with van der Waals surface area (Å²) in [5.41, 5.74) is 4.37. The highest BCUT2D eigenvalue weighted by molar-refractivity contribution is 5.99. The third-order valence-corrected chi connectivity index (χ3v) is 8.93. The van der Waals surface area contributed by atoms with Gasteiger partial charge in [-0.1, -0.05) is 19.3 Å². The second-order valence-electron chi connectivity index (χ2n) is 11.1. The van der Waals surface area contributed by atoms with Gasteiger partial charge in [0, 0.05) is 35.6 Å². The molecule has 1 amide bonds. The Bertz CT molecular complexity index is 1260. The van der Waals surface area contributed by atoms with Crippen LogP contribution in [0.3, 0.4) is 0 Å². The number of benzene rings is 1. The lowest BCUT2D eigenvalue weighted by molar-refractivity contribution is -0.133. The number of amides is 1. The lowest BCUT2D eigenvalue weighted by Crippen LogP contribution is -2.46. The first-order chi connectivity index (χ1) is 18.1. The van der Waals surface area contributed by atoms with Crippen molar-refractivity contribution in [2.75, 3.05) is 26.2 Å². The predicted molar refractivity (Wildman–Crippen MR) is 143 cm³/mol. The van der Waals surface area contributed by atoms with Crippen molar-refractivity contribution < 1.29 is 19.1 Å². The Labute approximate surface area is 218 Å². The van der Waals surface area contributed by atoms with Gasteiger partial charge in [-0.05, 0) is 87.4 Å². The number of fused-ring (bicyclic) bond motifs is 1. The molecule has 1 aliphatic carbocycles. The van der Waals surface area contributed by atoms with E-state index in [0.29, 0.717) is 12.0 Å². The van der Waals surface area contributed by atoms with Crippen molar-refractivity contribution in [3.63, 3.8) is 0 Å². The summed E-state index contributed by atoms with van der Waals surface area (Å²) in [5.74, 6) is -0.442. The number of likely N-dealkylation sites (tertiary alicyclic amines) is 2. The van der Waals surface area contributed by atoms with Gasteiger partial charge in [0.2, 0.25) is 5.91 Å². The molecule has 4 heterocycles. The Balaban J connectivity index is 1.36. The molecular formula is C30H37N3O4. The molecule has 37 heavy (non-hydrogen) atoms. The number of carbonyl (C=O) groups excluding carboxylic acids is 1. The molecule has 1 N–H and O–H groups in total. The molecule has 1 saturated carbocycles. The summed E-state index contributed by atoms with van der Waals surface area (Å²) in [5, 5.41) is 10.7. The maximum atomic E-state index is 13.7. The summed E-state index contributed by atoms with van der Waals surface area (Å²) in [4.78, 5) is 30.2. The molecule has 2 aromatic heterocycles. The van der Waals surface area contributed by atoms with Crippen LogP contribution >= 0.6 is 0 Å². The van der Waals surface area contributed by atoms with E-state index in [1.165, 1.54) is 50.8 Å². The minimum Gasteiger partial charge on any atom is -0.478 e. The van der Waals surface area contributed by atoms with Crippen LogP contribution in [-0.2, 0) is 11.3 Å². The normalized spacial score (nSPS) is 20.2. The van der Waals surface area contributed by atoms with Crippen LogP contribution in [0.25, 0.3) is 22.2 Å². The first kappa shape index (κ1) is 24.3. The van der Waals surface area contributed by atoms with Crippen LogP contribution in [0.2, 0.25) is 0 Å². The SMILES string of the molecule is O=C(O)c1ccc2c(c1)c(C1CCCCC1)c(-c1ccoc1)n2CC(=O)N1CCC(N2CCCC2)CC1. The monoisotopic (exact) mass is 503 g/mol. The molecule has 2 aliphatic heterocycles. The van der Waals surface area contributed by atoms with Gasteiger partial charge in [0.15, 0.2) is 0 Å². The summed E-state index contributed by atoms with van der Waals surface area (Å²) >= 11 is 0. The number of hydrogen-bond donors (Lipinski definition) is 1. The van der Waals surface area contributed by atoms with Crippen molar-refractivity contribution >= 4 is 22.8 Å². The molecule has 1 aromatic carbocycles. The molecule has 0 radical (unpaired) electrons. The number of aromatic nitrogens is 1. The third-order valence-electron chi connectivity index (χ3n) is 8.93. The second kappa shape index (κ2) is 10.4. The first-order valence-electron chi connectivity index (χ1n) is 14.0.